The SMILES string of the molecule is CCc1ccc(C2CCCCCN2C(=O)C2CC2C(=O)O)o1. The van der Waals surface area contributed by atoms with E-state index in [0.29, 0.717) is 13.0 Å². The van der Waals surface area contributed by atoms with Crippen LogP contribution in [0, 0.1) is 11.8 Å². The van der Waals surface area contributed by atoms with Crippen LogP contribution in [0.3, 0.4) is 0 Å². The first-order chi connectivity index (χ1) is 10.6. The van der Waals surface area contributed by atoms with Crippen molar-refractivity contribution >= 4 is 11.9 Å². The van der Waals surface area contributed by atoms with Crippen molar-refractivity contribution in [1.29, 1.82) is 0 Å². The first kappa shape index (κ1) is 15.1. The van der Waals surface area contributed by atoms with Crippen molar-refractivity contribution in [3.05, 3.63) is 23.7 Å². The van der Waals surface area contributed by atoms with Crippen molar-refractivity contribution in [1.82, 2.24) is 4.90 Å². The number of aliphatic carboxylic acids is 1. The van der Waals surface area contributed by atoms with E-state index < -0.39 is 11.9 Å². The van der Waals surface area contributed by atoms with E-state index in [-0.39, 0.29) is 17.9 Å². The van der Waals surface area contributed by atoms with Crippen molar-refractivity contribution in [3.8, 4) is 0 Å². The zero-order valence-electron chi connectivity index (χ0n) is 13.0. The summed E-state index contributed by atoms with van der Waals surface area (Å²) in [6, 6.07) is 3.90. The minimum atomic E-state index is -0.851. The Bertz CT molecular complexity index is 565. The molecular formula is C17H23NO4. The number of hydrogen-bond donors (Lipinski definition) is 1. The van der Waals surface area contributed by atoms with Crippen LogP contribution in [0.15, 0.2) is 16.5 Å². The number of likely N-dealkylation sites (tertiary alicyclic amines) is 1. The summed E-state index contributed by atoms with van der Waals surface area (Å²) in [5.41, 5.74) is 0. The van der Waals surface area contributed by atoms with E-state index in [4.69, 9.17) is 9.52 Å². The molecule has 22 heavy (non-hydrogen) atoms. The molecule has 2 heterocycles. The molecule has 3 atom stereocenters. The molecule has 5 nitrogen and oxygen atoms in total. The van der Waals surface area contributed by atoms with Gasteiger partial charge in [-0.05, 0) is 31.4 Å². The Hall–Kier alpha value is -1.78. The quantitative estimate of drug-likeness (QED) is 0.928. The molecule has 1 aromatic rings. The van der Waals surface area contributed by atoms with E-state index in [1.165, 1.54) is 0 Å². The number of carboxylic acid groups (broad SMARTS) is 1. The highest BCUT2D eigenvalue weighted by Gasteiger charge is 2.51. The first-order valence-corrected chi connectivity index (χ1v) is 8.23. The summed E-state index contributed by atoms with van der Waals surface area (Å²) in [6.07, 6.45) is 5.37. The summed E-state index contributed by atoms with van der Waals surface area (Å²) >= 11 is 0. The summed E-state index contributed by atoms with van der Waals surface area (Å²) in [7, 11) is 0. The molecule has 1 aliphatic carbocycles. The molecule has 1 N–H and O–H groups in total. The lowest BCUT2D eigenvalue weighted by Gasteiger charge is -2.29. The Morgan fingerprint density at radius 1 is 1.27 bits per heavy atom. The molecule has 0 bridgehead atoms. The monoisotopic (exact) mass is 305 g/mol. The fraction of sp³-hybridized carbons (Fsp3) is 0.647. The molecule has 1 saturated carbocycles. The topological polar surface area (TPSA) is 70.8 Å². The Morgan fingerprint density at radius 2 is 2.09 bits per heavy atom. The molecule has 2 fully saturated rings. The van der Waals surface area contributed by atoms with E-state index in [0.717, 1.165) is 43.6 Å². The molecule has 1 saturated heterocycles. The molecule has 1 amide bonds. The maximum atomic E-state index is 12.7. The number of aryl methyl sites for hydroxylation is 1. The van der Waals surface area contributed by atoms with Gasteiger partial charge in [-0.25, -0.2) is 0 Å². The maximum absolute atomic E-state index is 12.7. The van der Waals surface area contributed by atoms with Crippen LogP contribution in [0.2, 0.25) is 0 Å². The third kappa shape index (κ3) is 2.89. The fourth-order valence-corrected chi connectivity index (χ4v) is 3.39. The second-order valence-corrected chi connectivity index (χ2v) is 6.34. The van der Waals surface area contributed by atoms with Crippen LogP contribution < -0.4 is 0 Å². The largest absolute Gasteiger partial charge is 0.481 e. The van der Waals surface area contributed by atoms with Gasteiger partial charge in [-0.15, -0.1) is 0 Å². The molecule has 5 heteroatoms. The Balaban J connectivity index is 1.79. The normalized spacial score (nSPS) is 28.2. The number of hydrogen-bond acceptors (Lipinski definition) is 3. The highest BCUT2D eigenvalue weighted by atomic mass is 16.4. The van der Waals surface area contributed by atoms with E-state index in [2.05, 4.69) is 0 Å². The minimum absolute atomic E-state index is 0.00579. The summed E-state index contributed by atoms with van der Waals surface area (Å²) in [5.74, 6) is 0.101. The predicted octanol–water partition coefficient (Wildman–Crippen LogP) is 3.01. The number of amides is 1. The Labute approximate surface area is 130 Å². The second kappa shape index (κ2) is 6.15. The van der Waals surface area contributed by atoms with Gasteiger partial charge in [-0.2, -0.15) is 0 Å². The van der Waals surface area contributed by atoms with Gasteiger partial charge in [0.1, 0.15) is 11.5 Å². The standard InChI is InChI=1S/C17H23NO4/c1-2-11-7-8-15(22-11)14-6-4-3-5-9-18(14)16(19)12-10-13(12)17(20)21/h7-8,12-14H,2-6,9-10H2,1H3,(H,20,21). The van der Waals surface area contributed by atoms with Gasteiger partial charge < -0.3 is 14.4 Å². The van der Waals surface area contributed by atoms with Crippen molar-refractivity contribution in [3.63, 3.8) is 0 Å². The molecule has 120 valence electrons. The van der Waals surface area contributed by atoms with Gasteiger partial charge in [0, 0.05) is 13.0 Å². The third-order valence-electron chi connectivity index (χ3n) is 4.82. The van der Waals surface area contributed by atoms with E-state index in [1.54, 1.807) is 0 Å². The molecule has 3 rings (SSSR count). The number of furan rings is 1. The highest BCUT2D eigenvalue weighted by Crippen LogP contribution is 2.43. The maximum Gasteiger partial charge on any atom is 0.307 e. The van der Waals surface area contributed by atoms with Gasteiger partial charge in [0.05, 0.1) is 17.9 Å². The molecule has 3 unspecified atom stereocenters. The van der Waals surface area contributed by atoms with Crippen molar-refractivity contribution < 1.29 is 19.1 Å². The van der Waals surface area contributed by atoms with Crippen LogP contribution in [-0.2, 0) is 16.0 Å². The van der Waals surface area contributed by atoms with Crippen LogP contribution in [0.25, 0.3) is 0 Å². The zero-order chi connectivity index (χ0) is 15.7. The highest BCUT2D eigenvalue weighted by molar-refractivity contribution is 5.89. The lowest BCUT2D eigenvalue weighted by molar-refractivity contribution is -0.143. The van der Waals surface area contributed by atoms with Crippen molar-refractivity contribution in [2.24, 2.45) is 11.8 Å². The molecule has 0 spiro atoms. The molecule has 2 aliphatic rings. The van der Waals surface area contributed by atoms with E-state index in [1.807, 2.05) is 24.0 Å². The number of nitrogens with zero attached hydrogens (tertiary/aromatic N) is 1. The van der Waals surface area contributed by atoms with Crippen LogP contribution in [-0.4, -0.2) is 28.4 Å². The summed E-state index contributed by atoms with van der Waals surface area (Å²) in [5, 5.41) is 9.06. The number of carboxylic acids is 1. The summed E-state index contributed by atoms with van der Waals surface area (Å²) < 4.78 is 5.87. The molecular weight excluding hydrogens is 282 g/mol. The number of rotatable bonds is 4. The number of carbonyl (C=O) groups is 2. The van der Waals surface area contributed by atoms with Crippen molar-refractivity contribution in [2.45, 2.75) is 51.5 Å². The van der Waals surface area contributed by atoms with E-state index in [9.17, 15) is 9.59 Å². The van der Waals surface area contributed by atoms with Crippen LogP contribution in [0.5, 0.6) is 0 Å². The summed E-state index contributed by atoms with van der Waals surface area (Å²) in [4.78, 5) is 25.6. The minimum Gasteiger partial charge on any atom is -0.481 e. The second-order valence-electron chi connectivity index (χ2n) is 6.34. The third-order valence-corrected chi connectivity index (χ3v) is 4.82. The van der Waals surface area contributed by atoms with Gasteiger partial charge in [0.25, 0.3) is 0 Å². The summed E-state index contributed by atoms with van der Waals surface area (Å²) in [6.45, 7) is 2.74. The van der Waals surface area contributed by atoms with Gasteiger partial charge in [0.15, 0.2) is 0 Å². The lowest BCUT2D eigenvalue weighted by atomic mass is 10.1. The number of carbonyl (C=O) groups excluding carboxylic acids is 1. The Morgan fingerprint density at radius 3 is 2.73 bits per heavy atom. The smallest absolute Gasteiger partial charge is 0.307 e. The lowest BCUT2D eigenvalue weighted by Crippen LogP contribution is -2.36. The Kier molecular flexibility index (Phi) is 4.23. The average molecular weight is 305 g/mol. The first-order valence-electron chi connectivity index (χ1n) is 8.23. The van der Waals surface area contributed by atoms with Gasteiger partial charge in [-0.3, -0.25) is 9.59 Å². The predicted molar refractivity (Wildman–Crippen MR) is 80.2 cm³/mol. The van der Waals surface area contributed by atoms with E-state index >= 15 is 0 Å². The van der Waals surface area contributed by atoms with Gasteiger partial charge >= 0.3 is 5.97 Å². The van der Waals surface area contributed by atoms with Gasteiger partial charge in [0.2, 0.25) is 5.91 Å². The van der Waals surface area contributed by atoms with Crippen LogP contribution >= 0.6 is 0 Å². The molecule has 0 radical (unpaired) electrons. The van der Waals surface area contributed by atoms with Crippen molar-refractivity contribution in [2.75, 3.05) is 6.54 Å². The average Bonchev–Trinajstić information content (AvgIpc) is 3.24. The molecule has 1 aliphatic heterocycles. The van der Waals surface area contributed by atoms with Crippen LogP contribution in [0.1, 0.15) is 56.6 Å². The fourth-order valence-electron chi connectivity index (χ4n) is 3.39. The van der Waals surface area contributed by atoms with Gasteiger partial charge in [-0.1, -0.05) is 19.8 Å². The van der Waals surface area contributed by atoms with Crippen LogP contribution in [0.4, 0.5) is 0 Å². The molecule has 0 aromatic carbocycles. The zero-order valence-corrected chi connectivity index (χ0v) is 13.0. The molecule has 1 aromatic heterocycles.